The number of nitrogens with zero attached hydrogens (tertiary/aromatic N) is 1. The molecule has 5 heteroatoms. The maximum Gasteiger partial charge on any atom is 0.219 e. The van der Waals surface area contributed by atoms with Gasteiger partial charge in [-0.25, -0.2) is 4.98 Å². The smallest absolute Gasteiger partial charge is 0.219 e. The number of aryl methyl sites for hydroxylation is 1. The second-order valence-corrected chi connectivity index (χ2v) is 5.98. The first kappa shape index (κ1) is 16.1. The van der Waals surface area contributed by atoms with E-state index in [-0.39, 0.29) is 0 Å². The number of halogens is 2. The molecular weight excluding hydrogens is 307 g/mol. The number of rotatable bonds is 5. The average Bonchev–Trinajstić information content (AvgIpc) is 2.43. The van der Waals surface area contributed by atoms with Crippen LogP contribution in [0.1, 0.15) is 25.0 Å². The van der Waals surface area contributed by atoms with Crippen molar-refractivity contribution in [1.29, 1.82) is 0 Å². The summed E-state index contributed by atoms with van der Waals surface area (Å²) in [4.78, 5) is 4.20. The van der Waals surface area contributed by atoms with Crippen molar-refractivity contribution >= 4 is 23.2 Å². The van der Waals surface area contributed by atoms with E-state index in [0.29, 0.717) is 34.3 Å². The van der Waals surface area contributed by atoms with Gasteiger partial charge in [0.25, 0.3) is 0 Å². The van der Waals surface area contributed by atoms with Crippen LogP contribution in [0.3, 0.4) is 0 Å². The first-order chi connectivity index (χ1) is 9.95. The molecule has 0 aliphatic heterocycles. The summed E-state index contributed by atoms with van der Waals surface area (Å²) in [6, 6.07) is 7.74. The summed E-state index contributed by atoms with van der Waals surface area (Å²) in [6.45, 7) is 6.78. The quantitative estimate of drug-likeness (QED) is 0.841. The number of hydrogen-bond donors (Lipinski definition) is 1. The number of nitrogens with one attached hydrogen (secondary N) is 1. The van der Waals surface area contributed by atoms with Gasteiger partial charge in [0.05, 0.1) is 5.02 Å². The van der Waals surface area contributed by atoms with E-state index in [1.807, 2.05) is 31.2 Å². The first-order valence-electron chi connectivity index (χ1n) is 6.77. The molecule has 0 amide bonds. The van der Waals surface area contributed by atoms with Crippen LogP contribution < -0.4 is 10.1 Å². The Balaban J connectivity index is 2.16. The van der Waals surface area contributed by atoms with Gasteiger partial charge in [-0.15, -0.1) is 0 Å². The highest BCUT2D eigenvalue weighted by molar-refractivity contribution is 6.31. The molecule has 2 aromatic rings. The van der Waals surface area contributed by atoms with Crippen LogP contribution in [0, 0.1) is 6.92 Å². The summed E-state index contributed by atoms with van der Waals surface area (Å²) in [5, 5.41) is 4.67. The third-order valence-corrected chi connectivity index (χ3v) is 3.73. The van der Waals surface area contributed by atoms with E-state index < -0.39 is 0 Å². The SMILES string of the molecule is Cc1cc(Oc2cc(CNC(C)C)c(Cl)cn2)ccc1Cl. The molecule has 0 spiro atoms. The van der Waals surface area contributed by atoms with Gasteiger partial charge in [-0.05, 0) is 36.2 Å². The Morgan fingerprint density at radius 3 is 2.62 bits per heavy atom. The lowest BCUT2D eigenvalue weighted by Gasteiger charge is -2.11. The number of pyridine rings is 1. The zero-order valence-electron chi connectivity index (χ0n) is 12.3. The molecule has 0 aliphatic carbocycles. The Labute approximate surface area is 135 Å². The van der Waals surface area contributed by atoms with Crippen molar-refractivity contribution in [2.75, 3.05) is 0 Å². The standard InChI is InChI=1S/C16H18Cl2N2O/c1-10(2)19-8-12-7-16(20-9-15(12)18)21-13-4-5-14(17)11(3)6-13/h4-7,9-10,19H,8H2,1-3H3. The van der Waals surface area contributed by atoms with E-state index in [4.69, 9.17) is 27.9 Å². The Morgan fingerprint density at radius 1 is 1.19 bits per heavy atom. The fourth-order valence-corrected chi connectivity index (χ4v) is 2.05. The minimum Gasteiger partial charge on any atom is -0.439 e. The van der Waals surface area contributed by atoms with Gasteiger partial charge in [-0.2, -0.15) is 0 Å². The zero-order chi connectivity index (χ0) is 15.4. The molecular formula is C16H18Cl2N2O. The third-order valence-electron chi connectivity index (χ3n) is 2.96. The topological polar surface area (TPSA) is 34.1 Å². The molecule has 3 nitrogen and oxygen atoms in total. The fourth-order valence-electron chi connectivity index (χ4n) is 1.77. The van der Waals surface area contributed by atoms with Crippen molar-refractivity contribution in [3.8, 4) is 11.6 Å². The van der Waals surface area contributed by atoms with E-state index in [2.05, 4.69) is 24.1 Å². The zero-order valence-corrected chi connectivity index (χ0v) is 13.8. The summed E-state index contributed by atoms with van der Waals surface area (Å²) in [7, 11) is 0. The van der Waals surface area contributed by atoms with Crippen molar-refractivity contribution < 1.29 is 4.74 Å². The second kappa shape index (κ2) is 7.12. The molecule has 0 saturated heterocycles. The van der Waals surface area contributed by atoms with E-state index >= 15 is 0 Å². The van der Waals surface area contributed by atoms with Crippen LogP contribution in [0.2, 0.25) is 10.0 Å². The predicted octanol–water partition coefficient (Wildman–Crippen LogP) is 4.99. The molecule has 0 saturated carbocycles. The summed E-state index contributed by atoms with van der Waals surface area (Å²) in [6.07, 6.45) is 1.61. The van der Waals surface area contributed by atoms with Crippen molar-refractivity contribution in [3.63, 3.8) is 0 Å². The van der Waals surface area contributed by atoms with Gasteiger partial charge in [0.15, 0.2) is 0 Å². The molecule has 0 unspecified atom stereocenters. The summed E-state index contributed by atoms with van der Waals surface area (Å²) >= 11 is 12.2. The van der Waals surface area contributed by atoms with Gasteiger partial charge in [0.2, 0.25) is 5.88 Å². The number of aromatic nitrogens is 1. The number of hydrogen-bond acceptors (Lipinski definition) is 3. The van der Waals surface area contributed by atoms with Crippen molar-refractivity contribution in [3.05, 3.63) is 51.6 Å². The Morgan fingerprint density at radius 2 is 1.95 bits per heavy atom. The summed E-state index contributed by atoms with van der Waals surface area (Å²) < 4.78 is 5.76. The molecule has 0 aliphatic rings. The third kappa shape index (κ3) is 4.60. The Kier molecular flexibility index (Phi) is 5.45. The predicted molar refractivity (Wildman–Crippen MR) is 87.5 cm³/mol. The molecule has 1 N–H and O–H groups in total. The molecule has 1 aromatic heterocycles. The Bertz CT molecular complexity index is 630. The van der Waals surface area contributed by atoms with Gasteiger partial charge in [-0.3, -0.25) is 0 Å². The van der Waals surface area contributed by atoms with Crippen molar-refractivity contribution in [1.82, 2.24) is 10.3 Å². The van der Waals surface area contributed by atoms with Crippen LogP contribution in [-0.4, -0.2) is 11.0 Å². The van der Waals surface area contributed by atoms with Crippen LogP contribution in [0.4, 0.5) is 0 Å². The maximum absolute atomic E-state index is 6.15. The monoisotopic (exact) mass is 324 g/mol. The van der Waals surface area contributed by atoms with Crippen LogP contribution >= 0.6 is 23.2 Å². The molecule has 0 bridgehead atoms. The molecule has 1 heterocycles. The maximum atomic E-state index is 6.15. The van der Waals surface area contributed by atoms with Crippen molar-refractivity contribution in [2.24, 2.45) is 0 Å². The normalized spacial score (nSPS) is 11.0. The summed E-state index contributed by atoms with van der Waals surface area (Å²) in [5.41, 5.74) is 1.92. The lowest BCUT2D eigenvalue weighted by molar-refractivity contribution is 0.461. The van der Waals surface area contributed by atoms with Crippen LogP contribution in [-0.2, 0) is 6.54 Å². The van der Waals surface area contributed by atoms with Gasteiger partial charge in [-0.1, -0.05) is 37.0 Å². The van der Waals surface area contributed by atoms with Crippen LogP contribution in [0.15, 0.2) is 30.5 Å². The molecule has 1 aromatic carbocycles. The molecule has 0 radical (unpaired) electrons. The van der Waals surface area contributed by atoms with E-state index in [9.17, 15) is 0 Å². The molecule has 2 rings (SSSR count). The second-order valence-electron chi connectivity index (χ2n) is 5.16. The highest BCUT2D eigenvalue weighted by atomic mass is 35.5. The largest absolute Gasteiger partial charge is 0.439 e. The fraction of sp³-hybridized carbons (Fsp3) is 0.312. The average molecular weight is 325 g/mol. The van der Waals surface area contributed by atoms with Gasteiger partial charge < -0.3 is 10.1 Å². The van der Waals surface area contributed by atoms with Crippen LogP contribution in [0.25, 0.3) is 0 Å². The van der Waals surface area contributed by atoms with E-state index in [0.717, 1.165) is 11.1 Å². The molecule has 112 valence electrons. The molecule has 0 atom stereocenters. The molecule has 0 fully saturated rings. The number of benzene rings is 1. The lowest BCUT2D eigenvalue weighted by Crippen LogP contribution is -2.22. The minimum absolute atomic E-state index is 0.387. The number of ether oxygens (including phenoxy) is 1. The van der Waals surface area contributed by atoms with Crippen LogP contribution in [0.5, 0.6) is 11.6 Å². The Hall–Kier alpha value is -1.29. The van der Waals surface area contributed by atoms with Gasteiger partial charge in [0.1, 0.15) is 5.75 Å². The lowest BCUT2D eigenvalue weighted by atomic mass is 10.2. The summed E-state index contributed by atoms with van der Waals surface area (Å²) in [5.74, 6) is 1.22. The van der Waals surface area contributed by atoms with Crippen molar-refractivity contribution in [2.45, 2.75) is 33.4 Å². The molecule has 21 heavy (non-hydrogen) atoms. The van der Waals surface area contributed by atoms with Gasteiger partial charge in [0, 0.05) is 29.9 Å². The van der Waals surface area contributed by atoms with E-state index in [1.165, 1.54) is 0 Å². The highest BCUT2D eigenvalue weighted by Crippen LogP contribution is 2.27. The van der Waals surface area contributed by atoms with E-state index in [1.54, 1.807) is 6.20 Å². The minimum atomic E-state index is 0.387. The first-order valence-corrected chi connectivity index (χ1v) is 7.53. The van der Waals surface area contributed by atoms with Gasteiger partial charge >= 0.3 is 0 Å². The highest BCUT2D eigenvalue weighted by Gasteiger charge is 2.07.